The van der Waals surface area contributed by atoms with Crippen molar-refractivity contribution in [2.75, 3.05) is 16.5 Å². The van der Waals surface area contributed by atoms with Crippen LogP contribution in [0.2, 0.25) is 0 Å². The van der Waals surface area contributed by atoms with Crippen LogP contribution in [0.1, 0.15) is 12.5 Å². The molecule has 15 heavy (non-hydrogen) atoms. The molecule has 1 aromatic carbocycles. The molecule has 0 aliphatic rings. The number of hydrogen-bond acceptors (Lipinski definition) is 2. The number of benzene rings is 1. The minimum Gasteiger partial charge on any atom is -0.465 e. The molecule has 0 atom stereocenters. The maximum absolute atomic E-state index is 11.1. The first-order valence-electron chi connectivity index (χ1n) is 4.80. The first-order chi connectivity index (χ1) is 7.16. The topological polar surface area (TPSA) is 40.5 Å². The number of thioether (sulfide) groups is 1. The van der Waals surface area contributed by atoms with E-state index in [1.165, 1.54) is 4.90 Å². The van der Waals surface area contributed by atoms with E-state index in [-0.39, 0.29) is 0 Å². The SMILES string of the molecule is CCSCN(C(=O)O)c1ccccc1C. The Balaban J connectivity index is 2.89. The molecule has 82 valence electrons. The summed E-state index contributed by atoms with van der Waals surface area (Å²) in [6, 6.07) is 7.52. The molecule has 0 fully saturated rings. The van der Waals surface area contributed by atoms with E-state index in [2.05, 4.69) is 0 Å². The number of rotatable bonds is 4. The van der Waals surface area contributed by atoms with Crippen LogP contribution in [0.4, 0.5) is 10.5 Å². The zero-order valence-electron chi connectivity index (χ0n) is 8.93. The molecular formula is C11H15NO2S. The molecule has 1 N–H and O–H groups in total. The van der Waals surface area contributed by atoms with Crippen molar-refractivity contribution in [2.24, 2.45) is 0 Å². The molecule has 4 heteroatoms. The van der Waals surface area contributed by atoms with Crippen molar-refractivity contribution in [3.8, 4) is 0 Å². The standard InChI is InChI=1S/C11H15NO2S/c1-3-15-8-12(11(13)14)10-7-5-4-6-9(10)2/h4-7H,3,8H2,1-2H3,(H,13,14). The van der Waals surface area contributed by atoms with Gasteiger partial charge in [-0.25, -0.2) is 4.79 Å². The van der Waals surface area contributed by atoms with Crippen LogP contribution in [0, 0.1) is 6.92 Å². The fourth-order valence-electron chi connectivity index (χ4n) is 1.28. The monoisotopic (exact) mass is 225 g/mol. The van der Waals surface area contributed by atoms with Crippen LogP contribution in [0.15, 0.2) is 24.3 Å². The number of anilines is 1. The van der Waals surface area contributed by atoms with Gasteiger partial charge in [-0.1, -0.05) is 25.1 Å². The summed E-state index contributed by atoms with van der Waals surface area (Å²) < 4.78 is 0. The van der Waals surface area contributed by atoms with E-state index >= 15 is 0 Å². The van der Waals surface area contributed by atoms with Crippen molar-refractivity contribution in [1.29, 1.82) is 0 Å². The zero-order chi connectivity index (χ0) is 11.3. The van der Waals surface area contributed by atoms with Gasteiger partial charge in [-0.05, 0) is 24.3 Å². The number of hydrogen-bond donors (Lipinski definition) is 1. The number of carbonyl (C=O) groups is 1. The van der Waals surface area contributed by atoms with Gasteiger partial charge in [0.25, 0.3) is 0 Å². The van der Waals surface area contributed by atoms with Crippen LogP contribution in [-0.2, 0) is 0 Å². The molecule has 1 aromatic rings. The number of carboxylic acid groups (broad SMARTS) is 1. The molecule has 0 bridgehead atoms. The average Bonchev–Trinajstić information content (AvgIpc) is 2.20. The van der Waals surface area contributed by atoms with Crippen LogP contribution < -0.4 is 4.90 Å². The first kappa shape index (κ1) is 11.9. The number of amides is 1. The van der Waals surface area contributed by atoms with Crippen LogP contribution >= 0.6 is 11.8 Å². The third-order valence-electron chi connectivity index (χ3n) is 2.06. The summed E-state index contributed by atoms with van der Waals surface area (Å²) >= 11 is 1.59. The van der Waals surface area contributed by atoms with Crippen molar-refractivity contribution >= 4 is 23.5 Å². The molecule has 0 heterocycles. The maximum atomic E-state index is 11.1. The fourth-order valence-corrected chi connectivity index (χ4v) is 1.89. The van der Waals surface area contributed by atoms with Crippen LogP contribution in [0.25, 0.3) is 0 Å². The Morgan fingerprint density at radius 2 is 2.13 bits per heavy atom. The summed E-state index contributed by atoms with van der Waals surface area (Å²) in [5.74, 6) is 1.40. The molecule has 0 aliphatic carbocycles. The molecule has 0 unspecified atom stereocenters. The number of nitrogens with zero attached hydrogens (tertiary/aromatic N) is 1. The highest BCUT2D eigenvalue weighted by Gasteiger charge is 2.15. The molecule has 0 aliphatic heterocycles. The summed E-state index contributed by atoms with van der Waals surface area (Å²) in [7, 11) is 0. The summed E-state index contributed by atoms with van der Waals surface area (Å²) in [5.41, 5.74) is 1.75. The van der Waals surface area contributed by atoms with E-state index in [1.807, 2.05) is 38.1 Å². The normalized spacial score (nSPS) is 10.0. The van der Waals surface area contributed by atoms with Crippen molar-refractivity contribution in [3.63, 3.8) is 0 Å². The van der Waals surface area contributed by atoms with Gasteiger partial charge in [0.15, 0.2) is 0 Å². The van der Waals surface area contributed by atoms with Crippen LogP contribution in [-0.4, -0.2) is 22.8 Å². The summed E-state index contributed by atoms with van der Waals surface area (Å²) in [4.78, 5) is 12.4. The number of aryl methyl sites for hydroxylation is 1. The maximum Gasteiger partial charge on any atom is 0.412 e. The lowest BCUT2D eigenvalue weighted by atomic mass is 10.2. The Morgan fingerprint density at radius 1 is 1.47 bits per heavy atom. The van der Waals surface area contributed by atoms with Gasteiger partial charge in [-0.2, -0.15) is 0 Å². The highest BCUT2D eigenvalue weighted by molar-refractivity contribution is 7.99. The first-order valence-corrected chi connectivity index (χ1v) is 5.96. The summed E-state index contributed by atoms with van der Waals surface area (Å²) in [6.45, 7) is 3.93. The van der Waals surface area contributed by atoms with E-state index in [9.17, 15) is 4.79 Å². The molecule has 0 saturated heterocycles. The third kappa shape index (κ3) is 3.16. The van der Waals surface area contributed by atoms with Gasteiger partial charge in [-0.15, -0.1) is 11.8 Å². The molecule has 0 spiro atoms. The Bertz CT molecular complexity index is 341. The smallest absolute Gasteiger partial charge is 0.412 e. The largest absolute Gasteiger partial charge is 0.465 e. The molecule has 1 amide bonds. The second-order valence-corrected chi connectivity index (χ2v) is 4.36. The molecular weight excluding hydrogens is 210 g/mol. The third-order valence-corrected chi connectivity index (χ3v) is 2.91. The van der Waals surface area contributed by atoms with E-state index in [0.29, 0.717) is 5.88 Å². The van der Waals surface area contributed by atoms with Crippen molar-refractivity contribution in [1.82, 2.24) is 0 Å². The molecule has 0 radical (unpaired) electrons. The minimum atomic E-state index is -0.898. The highest BCUT2D eigenvalue weighted by atomic mass is 32.2. The average molecular weight is 225 g/mol. The van der Waals surface area contributed by atoms with Crippen molar-refractivity contribution in [2.45, 2.75) is 13.8 Å². The van der Waals surface area contributed by atoms with Crippen molar-refractivity contribution in [3.05, 3.63) is 29.8 Å². The van der Waals surface area contributed by atoms with Crippen LogP contribution in [0.5, 0.6) is 0 Å². The molecule has 3 nitrogen and oxygen atoms in total. The van der Waals surface area contributed by atoms with E-state index in [0.717, 1.165) is 17.0 Å². The lowest BCUT2D eigenvalue weighted by Gasteiger charge is -2.20. The minimum absolute atomic E-state index is 0.483. The Morgan fingerprint density at radius 3 is 2.67 bits per heavy atom. The highest BCUT2D eigenvalue weighted by Crippen LogP contribution is 2.21. The second-order valence-electron chi connectivity index (χ2n) is 3.12. The van der Waals surface area contributed by atoms with Crippen LogP contribution in [0.3, 0.4) is 0 Å². The van der Waals surface area contributed by atoms with Gasteiger partial charge < -0.3 is 5.11 Å². The number of para-hydroxylation sites is 1. The Labute approximate surface area is 94.1 Å². The Hall–Kier alpha value is -1.16. The van der Waals surface area contributed by atoms with Crippen molar-refractivity contribution < 1.29 is 9.90 Å². The van der Waals surface area contributed by atoms with Gasteiger partial charge in [0.1, 0.15) is 0 Å². The Kier molecular flexibility index (Phi) is 4.49. The van der Waals surface area contributed by atoms with E-state index < -0.39 is 6.09 Å². The van der Waals surface area contributed by atoms with Gasteiger partial charge in [0.05, 0.1) is 11.6 Å². The zero-order valence-corrected chi connectivity index (χ0v) is 9.75. The molecule has 0 saturated carbocycles. The van der Waals surface area contributed by atoms with Gasteiger partial charge in [-0.3, -0.25) is 4.90 Å². The van der Waals surface area contributed by atoms with E-state index in [4.69, 9.17) is 5.11 Å². The summed E-state index contributed by atoms with van der Waals surface area (Å²) in [5, 5.41) is 9.09. The predicted octanol–water partition coefficient (Wildman–Crippen LogP) is 3.19. The molecule has 0 aromatic heterocycles. The fraction of sp³-hybridized carbons (Fsp3) is 0.364. The van der Waals surface area contributed by atoms with Gasteiger partial charge in [0.2, 0.25) is 0 Å². The van der Waals surface area contributed by atoms with Gasteiger partial charge in [0, 0.05) is 0 Å². The van der Waals surface area contributed by atoms with Gasteiger partial charge >= 0.3 is 6.09 Å². The lowest BCUT2D eigenvalue weighted by Crippen LogP contribution is -2.29. The predicted molar refractivity (Wildman–Crippen MR) is 64.7 cm³/mol. The quantitative estimate of drug-likeness (QED) is 0.800. The van der Waals surface area contributed by atoms with E-state index in [1.54, 1.807) is 11.8 Å². The summed E-state index contributed by atoms with van der Waals surface area (Å²) in [6.07, 6.45) is -0.898. The molecule has 1 rings (SSSR count). The second kappa shape index (κ2) is 5.66. The lowest BCUT2D eigenvalue weighted by molar-refractivity contribution is 0.203.